The summed E-state index contributed by atoms with van der Waals surface area (Å²) in [5.41, 5.74) is 0.404. The van der Waals surface area contributed by atoms with Crippen molar-refractivity contribution < 1.29 is 8.42 Å². The number of nitrogens with zero attached hydrogens (tertiary/aromatic N) is 4. The molecule has 1 aliphatic heterocycles. The highest BCUT2D eigenvalue weighted by molar-refractivity contribution is 7.90. The number of benzene rings is 1. The SMILES string of the molecule is CCN=C(NS(=O)(=O)c1ccc(C#N)cc1)N1CC(CC)C=N1. The van der Waals surface area contributed by atoms with Crippen LogP contribution in [0.1, 0.15) is 25.8 Å². The minimum atomic E-state index is -3.77. The number of hydrazone groups is 1. The Balaban J connectivity index is 2.20. The van der Waals surface area contributed by atoms with Gasteiger partial charge in [-0.05, 0) is 37.6 Å². The van der Waals surface area contributed by atoms with Gasteiger partial charge in [-0.15, -0.1) is 0 Å². The first-order chi connectivity index (χ1) is 11.0. The Labute approximate surface area is 136 Å². The molecule has 0 aromatic heterocycles. The quantitative estimate of drug-likeness (QED) is 0.667. The molecule has 1 atom stereocenters. The van der Waals surface area contributed by atoms with Gasteiger partial charge in [0, 0.05) is 18.7 Å². The molecule has 0 saturated heterocycles. The van der Waals surface area contributed by atoms with E-state index in [9.17, 15) is 8.42 Å². The topological polar surface area (TPSA) is 97.9 Å². The normalized spacial score (nSPS) is 18.0. The maximum absolute atomic E-state index is 12.5. The molecular formula is C15H19N5O2S. The molecule has 1 unspecified atom stereocenters. The summed E-state index contributed by atoms with van der Waals surface area (Å²) in [4.78, 5) is 4.28. The number of hydrogen-bond acceptors (Lipinski definition) is 5. The van der Waals surface area contributed by atoms with Crippen molar-refractivity contribution in [2.75, 3.05) is 13.1 Å². The molecule has 1 N–H and O–H groups in total. The molecule has 2 rings (SSSR count). The number of guanidine groups is 1. The third-order valence-electron chi connectivity index (χ3n) is 3.42. The van der Waals surface area contributed by atoms with E-state index >= 15 is 0 Å². The molecule has 0 radical (unpaired) electrons. The van der Waals surface area contributed by atoms with E-state index in [2.05, 4.69) is 21.7 Å². The summed E-state index contributed by atoms with van der Waals surface area (Å²) in [5, 5.41) is 14.6. The highest BCUT2D eigenvalue weighted by Gasteiger charge is 2.24. The minimum Gasteiger partial charge on any atom is -0.251 e. The molecule has 0 amide bonds. The first-order valence-electron chi connectivity index (χ1n) is 7.39. The standard InChI is InChI=1S/C15H19N5O2S/c1-3-12-10-18-20(11-12)15(17-4-2)19-23(21,22)14-7-5-13(9-16)6-8-14/h5-8,10,12H,3-4,11H2,1-2H3,(H,17,19). The van der Waals surface area contributed by atoms with Crippen LogP contribution in [0.3, 0.4) is 0 Å². The van der Waals surface area contributed by atoms with Gasteiger partial charge < -0.3 is 0 Å². The van der Waals surface area contributed by atoms with Crippen LogP contribution < -0.4 is 4.72 Å². The third kappa shape index (κ3) is 4.07. The molecule has 122 valence electrons. The molecule has 0 fully saturated rings. The van der Waals surface area contributed by atoms with Crippen LogP contribution >= 0.6 is 0 Å². The Hall–Kier alpha value is -2.40. The van der Waals surface area contributed by atoms with Crippen molar-refractivity contribution in [3.8, 4) is 6.07 Å². The lowest BCUT2D eigenvalue weighted by atomic mass is 10.1. The zero-order valence-electron chi connectivity index (χ0n) is 13.1. The summed E-state index contributed by atoms with van der Waals surface area (Å²) >= 11 is 0. The lowest BCUT2D eigenvalue weighted by molar-refractivity contribution is 0.429. The van der Waals surface area contributed by atoms with Crippen LogP contribution in [0.15, 0.2) is 39.3 Å². The summed E-state index contributed by atoms with van der Waals surface area (Å²) in [7, 11) is -3.77. The number of rotatable bonds is 4. The first-order valence-corrected chi connectivity index (χ1v) is 8.87. The van der Waals surface area contributed by atoms with E-state index < -0.39 is 10.0 Å². The van der Waals surface area contributed by atoms with Crippen molar-refractivity contribution >= 4 is 22.2 Å². The molecule has 7 nitrogen and oxygen atoms in total. The highest BCUT2D eigenvalue weighted by Crippen LogP contribution is 2.14. The zero-order chi connectivity index (χ0) is 16.9. The maximum Gasteiger partial charge on any atom is 0.264 e. The van der Waals surface area contributed by atoms with Gasteiger partial charge in [-0.3, -0.25) is 4.99 Å². The second kappa shape index (κ2) is 7.24. The second-order valence-electron chi connectivity index (χ2n) is 5.05. The van der Waals surface area contributed by atoms with E-state index in [-0.39, 0.29) is 16.8 Å². The van der Waals surface area contributed by atoms with Gasteiger partial charge in [0.05, 0.1) is 23.1 Å². The van der Waals surface area contributed by atoms with Gasteiger partial charge in [0.1, 0.15) is 0 Å². The van der Waals surface area contributed by atoms with Crippen molar-refractivity contribution in [2.24, 2.45) is 16.0 Å². The van der Waals surface area contributed by atoms with Gasteiger partial charge >= 0.3 is 0 Å². The van der Waals surface area contributed by atoms with Crippen molar-refractivity contribution in [1.82, 2.24) is 9.73 Å². The number of aliphatic imine (C=N–C) groups is 1. The average molecular weight is 333 g/mol. The van der Waals surface area contributed by atoms with Crippen LogP contribution in [-0.2, 0) is 10.0 Å². The molecule has 1 aliphatic rings. The van der Waals surface area contributed by atoms with Gasteiger partial charge in [0.15, 0.2) is 0 Å². The fourth-order valence-electron chi connectivity index (χ4n) is 2.07. The Morgan fingerprint density at radius 2 is 2.13 bits per heavy atom. The van der Waals surface area contributed by atoms with Gasteiger partial charge in [-0.1, -0.05) is 6.92 Å². The lowest BCUT2D eigenvalue weighted by Crippen LogP contribution is -2.41. The molecule has 23 heavy (non-hydrogen) atoms. The van der Waals surface area contributed by atoms with Gasteiger partial charge in [0.2, 0.25) is 5.96 Å². The average Bonchev–Trinajstić information content (AvgIpc) is 3.03. The highest BCUT2D eigenvalue weighted by atomic mass is 32.2. The first kappa shape index (κ1) is 17.0. The van der Waals surface area contributed by atoms with Crippen LogP contribution in [0.25, 0.3) is 0 Å². The van der Waals surface area contributed by atoms with Crippen LogP contribution in [0.5, 0.6) is 0 Å². The molecule has 1 heterocycles. The molecule has 0 aliphatic carbocycles. The fraction of sp³-hybridized carbons (Fsp3) is 0.400. The fourth-order valence-corrected chi connectivity index (χ4v) is 3.09. The van der Waals surface area contributed by atoms with E-state index in [1.165, 1.54) is 24.3 Å². The minimum absolute atomic E-state index is 0.0792. The predicted octanol–water partition coefficient (Wildman–Crippen LogP) is 1.54. The summed E-state index contributed by atoms with van der Waals surface area (Å²) in [5.74, 6) is 0.500. The third-order valence-corrected chi connectivity index (χ3v) is 4.76. The Bertz CT molecular complexity index is 747. The van der Waals surface area contributed by atoms with Crippen LogP contribution in [0, 0.1) is 17.2 Å². The summed E-state index contributed by atoms with van der Waals surface area (Å²) in [6.07, 6.45) is 2.74. The number of nitriles is 1. The molecule has 0 saturated carbocycles. The molecule has 0 bridgehead atoms. The van der Waals surface area contributed by atoms with Crippen LogP contribution in [-0.4, -0.2) is 38.7 Å². The van der Waals surface area contributed by atoms with E-state index in [1.54, 1.807) is 11.2 Å². The van der Waals surface area contributed by atoms with Crippen molar-refractivity contribution in [1.29, 1.82) is 5.26 Å². The van der Waals surface area contributed by atoms with E-state index in [0.717, 1.165) is 6.42 Å². The largest absolute Gasteiger partial charge is 0.264 e. The van der Waals surface area contributed by atoms with Crippen molar-refractivity contribution in [3.05, 3.63) is 29.8 Å². The second-order valence-corrected chi connectivity index (χ2v) is 6.74. The molecule has 0 spiro atoms. The van der Waals surface area contributed by atoms with Gasteiger partial charge in [-0.25, -0.2) is 18.1 Å². The summed E-state index contributed by atoms with van der Waals surface area (Å²) < 4.78 is 27.4. The number of hydrogen-bond donors (Lipinski definition) is 1. The van der Waals surface area contributed by atoms with Crippen molar-refractivity contribution in [3.63, 3.8) is 0 Å². The number of sulfonamides is 1. The van der Waals surface area contributed by atoms with Crippen LogP contribution in [0.4, 0.5) is 0 Å². The Kier molecular flexibility index (Phi) is 5.34. The van der Waals surface area contributed by atoms with E-state index in [4.69, 9.17) is 5.26 Å². The monoisotopic (exact) mass is 333 g/mol. The molecule has 8 heteroatoms. The van der Waals surface area contributed by atoms with Crippen molar-refractivity contribution in [2.45, 2.75) is 25.2 Å². The van der Waals surface area contributed by atoms with Gasteiger partial charge in [-0.2, -0.15) is 10.4 Å². The Morgan fingerprint density at radius 3 is 2.65 bits per heavy atom. The van der Waals surface area contributed by atoms with Crippen LogP contribution in [0.2, 0.25) is 0 Å². The molecule has 1 aromatic rings. The molecular weight excluding hydrogens is 314 g/mol. The lowest BCUT2D eigenvalue weighted by Gasteiger charge is -2.19. The van der Waals surface area contributed by atoms with E-state index in [1.807, 2.05) is 13.0 Å². The summed E-state index contributed by atoms with van der Waals surface area (Å²) in [6, 6.07) is 7.68. The smallest absolute Gasteiger partial charge is 0.251 e. The molecule has 1 aromatic carbocycles. The summed E-state index contributed by atoms with van der Waals surface area (Å²) in [6.45, 7) is 4.92. The Morgan fingerprint density at radius 1 is 1.43 bits per heavy atom. The maximum atomic E-state index is 12.5. The zero-order valence-corrected chi connectivity index (χ0v) is 13.9. The van der Waals surface area contributed by atoms with Gasteiger partial charge in [0.25, 0.3) is 10.0 Å². The predicted molar refractivity (Wildman–Crippen MR) is 88.4 cm³/mol. The van der Waals surface area contributed by atoms with E-state index in [0.29, 0.717) is 18.7 Å². The number of nitrogens with one attached hydrogen (secondary N) is 1.